The van der Waals surface area contributed by atoms with Crippen LogP contribution < -0.4 is 5.32 Å². The third-order valence-corrected chi connectivity index (χ3v) is 4.05. The van der Waals surface area contributed by atoms with Crippen LogP contribution in [-0.2, 0) is 16.0 Å². The Kier molecular flexibility index (Phi) is 3.60. The van der Waals surface area contributed by atoms with Gasteiger partial charge in [0.15, 0.2) is 0 Å². The van der Waals surface area contributed by atoms with Gasteiger partial charge in [-0.15, -0.1) is 0 Å². The predicted molar refractivity (Wildman–Crippen MR) is 81.6 cm³/mol. The van der Waals surface area contributed by atoms with Crippen molar-refractivity contribution in [3.8, 4) is 0 Å². The third-order valence-electron chi connectivity index (χ3n) is 4.05. The molecule has 3 rings (SSSR count). The van der Waals surface area contributed by atoms with Crippen molar-refractivity contribution in [1.82, 2.24) is 10.2 Å². The number of nitrogens with one attached hydrogen (secondary N) is 1. The molecule has 0 saturated carbocycles. The van der Waals surface area contributed by atoms with Gasteiger partial charge in [-0.25, -0.2) is 0 Å². The Hall–Kier alpha value is -2.76. The molecule has 1 saturated heterocycles. The van der Waals surface area contributed by atoms with Gasteiger partial charge in [-0.2, -0.15) is 0 Å². The Morgan fingerprint density at radius 2 is 2.00 bits per heavy atom. The molecule has 118 valence electrons. The van der Waals surface area contributed by atoms with Crippen LogP contribution in [0.5, 0.6) is 0 Å². The number of benzene rings is 1. The summed E-state index contributed by atoms with van der Waals surface area (Å²) >= 11 is 0. The SMILES string of the molecule is C=C(C)Cc1cccc2c1C(=O)N(C1CCC(=O)NC1=O)C2=O. The standard InChI is InChI=1S/C17H16N2O4/c1-9(2)8-10-4-3-5-11-14(10)17(23)19(16(11)22)12-6-7-13(20)18-15(12)21/h3-5,12H,1,6-8H2,2H3,(H,18,20,21). The molecule has 2 aliphatic heterocycles. The quantitative estimate of drug-likeness (QED) is 0.671. The van der Waals surface area contributed by atoms with Crippen molar-refractivity contribution in [3.63, 3.8) is 0 Å². The molecule has 1 aromatic rings. The van der Waals surface area contributed by atoms with E-state index in [1.54, 1.807) is 18.2 Å². The van der Waals surface area contributed by atoms with E-state index in [9.17, 15) is 19.2 Å². The number of piperidine rings is 1. The fourth-order valence-electron chi connectivity index (χ4n) is 3.06. The summed E-state index contributed by atoms with van der Waals surface area (Å²) in [6.07, 6.45) is 0.764. The van der Waals surface area contributed by atoms with Gasteiger partial charge in [0.25, 0.3) is 11.8 Å². The highest BCUT2D eigenvalue weighted by Gasteiger charge is 2.45. The van der Waals surface area contributed by atoms with Gasteiger partial charge in [0, 0.05) is 6.42 Å². The Balaban J connectivity index is 1.99. The monoisotopic (exact) mass is 312 g/mol. The van der Waals surface area contributed by atoms with Gasteiger partial charge in [0.2, 0.25) is 11.8 Å². The lowest BCUT2D eigenvalue weighted by Crippen LogP contribution is -2.54. The summed E-state index contributed by atoms with van der Waals surface area (Å²) in [4.78, 5) is 49.6. The summed E-state index contributed by atoms with van der Waals surface area (Å²) in [5, 5.41) is 2.18. The summed E-state index contributed by atoms with van der Waals surface area (Å²) in [5.41, 5.74) is 2.24. The zero-order valence-corrected chi connectivity index (χ0v) is 12.7. The minimum Gasteiger partial charge on any atom is -0.295 e. The number of hydrogen-bond donors (Lipinski definition) is 1. The van der Waals surface area contributed by atoms with Crippen LogP contribution in [0.4, 0.5) is 0 Å². The van der Waals surface area contributed by atoms with Crippen molar-refractivity contribution >= 4 is 23.6 Å². The minimum absolute atomic E-state index is 0.114. The largest absolute Gasteiger partial charge is 0.295 e. The number of carbonyl (C=O) groups excluding carboxylic acids is 4. The van der Waals surface area contributed by atoms with Crippen molar-refractivity contribution in [2.45, 2.75) is 32.2 Å². The average Bonchev–Trinajstić information content (AvgIpc) is 2.72. The Bertz CT molecular complexity index is 766. The lowest BCUT2D eigenvalue weighted by molar-refractivity contribution is -0.136. The molecule has 4 amide bonds. The van der Waals surface area contributed by atoms with Gasteiger partial charge in [-0.3, -0.25) is 29.4 Å². The smallest absolute Gasteiger partial charge is 0.262 e. The number of amides is 4. The molecule has 2 heterocycles. The van der Waals surface area contributed by atoms with Gasteiger partial charge in [0.1, 0.15) is 6.04 Å². The number of nitrogens with zero attached hydrogens (tertiary/aromatic N) is 1. The molecule has 1 unspecified atom stereocenters. The lowest BCUT2D eigenvalue weighted by atomic mass is 9.98. The van der Waals surface area contributed by atoms with Crippen molar-refractivity contribution in [3.05, 3.63) is 47.0 Å². The van der Waals surface area contributed by atoms with Gasteiger partial charge >= 0.3 is 0 Å². The van der Waals surface area contributed by atoms with Crippen LogP contribution in [0.2, 0.25) is 0 Å². The van der Waals surface area contributed by atoms with Crippen molar-refractivity contribution in [1.29, 1.82) is 0 Å². The highest BCUT2D eigenvalue weighted by atomic mass is 16.2. The Labute approximate surface area is 133 Å². The van der Waals surface area contributed by atoms with Crippen molar-refractivity contribution in [2.75, 3.05) is 0 Å². The molecular weight excluding hydrogens is 296 g/mol. The molecule has 0 bridgehead atoms. The number of fused-ring (bicyclic) bond motifs is 1. The molecule has 0 aromatic heterocycles. The van der Waals surface area contributed by atoms with E-state index in [1.165, 1.54) is 0 Å². The first-order chi connectivity index (χ1) is 10.9. The molecule has 0 radical (unpaired) electrons. The highest BCUT2D eigenvalue weighted by molar-refractivity contribution is 6.24. The zero-order valence-electron chi connectivity index (χ0n) is 12.7. The summed E-state index contributed by atoms with van der Waals surface area (Å²) in [6.45, 7) is 5.68. The van der Waals surface area contributed by atoms with Crippen LogP contribution in [0, 0.1) is 0 Å². The van der Waals surface area contributed by atoms with E-state index in [-0.39, 0.29) is 18.7 Å². The van der Waals surface area contributed by atoms with Gasteiger partial charge in [0.05, 0.1) is 11.1 Å². The zero-order chi connectivity index (χ0) is 16.7. The van der Waals surface area contributed by atoms with Gasteiger partial charge in [-0.05, 0) is 31.4 Å². The third kappa shape index (κ3) is 2.46. The number of rotatable bonds is 3. The molecule has 1 N–H and O–H groups in total. The van der Waals surface area contributed by atoms with Crippen LogP contribution in [0.3, 0.4) is 0 Å². The van der Waals surface area contributed by atoms with Crippen LogP contribution >= 0.6 is 0 Å². The maximum atomic E-state index is 12.7. The van der Waals surface area contributed by atoms with E-state index >= 15 is 0 Å². The molecule has 0 aliphatic carbocycles. The fourth-order valence-corrected chi connectivity index (χ4v) is 3.06. The van der Waals surface area contributed by atoms with Crippen LogP contribution in [0.25, 0.3) is 0 Å². The maximum Gasteiger partial charge on any atom is 0.262 e. The molecule has 6 nitrogen and oxygen atoms in total. The van der Waals surface area contributed by atoms with Crippen LogP contribution in [-0.4, -0.2) is 34.6 Å². The molecule has 1 aromatic carbocycles. The van der Waals surface area contributed by atoms with Gasteiger partial charge < -0.3 is 0 Å². The maximum absolute atomic E-state index is 12.7. The lowest BCUT2D eigenvalue weighted by Gasteiger charge is -2.27. The van der Waals surface area contributed by atoms with E-state index in [1.807, 2.05) is 6.92 Å². The van der Waals surface area contributed by atoms with Gasteiger partial charge in [-0.1, -0.05) is 24.3 Å². The van der Waals surface area contributed by atoms with Crippen LogP contribution in [0.15, 0.2) is 30.4 Å². The second-order valence-electron chi connectivity index (χ2n) is 5.92. The summed E-state index contributed by atoms with van der Waals surface area (Å²) in [5.74, 6) is -1.94. The highest BCUT2D eigenvalue weighted by Crippen LogP contribution is 2.30. The van der Waals surface area contributed by atoms with Crippen LogP contribution in [0.1, 0.15) is 46.0 Å². The summed E-state index contributed by atoms with van der Waals surface area (Å²) in [6, 6.07) is 4.16. The topological polar surface area (TPSA) is 83.6 Å². The van der Waals surface area contributed by atoms with E-state index < -0.39 is 23.8 Å². The minimum atomic E-state index is -0.933. The van der Waals surface area contributed by atoms with Crippen molar-refractivity contribution in [2.24, 2.45) is 0 Å². The number of imide groups is 2. The molecule has 0 spiro atoms. The van der Waals surface area contributed by atoms with E-state index in [4.69, 9.17) is 0 Å². The average molecular weight is 312 g/mol. The Morgan fingerprint density at radius 1 is 1.26 bits per heavy atom. The second-order valence-corrected chi connectivity index (χ2v) is 5.92. The number of allylic oxidation sites excluding steroid dienone is 1. The van der Waals surface area contributed by atoms with E-state index in [0.717, 1.165) is 16.0 Å². The van der Waals surface area contributed by atoms with E-state index in [2.05, 4.69) is 11.9 Å². The summed E-state index contributed by atoms with van der Waals surface area (Å²) < 4.78 is 0. The predicted octanol–water partition coefficient (Wildman–Crippen LogP) is 1.21. The first-order valence-electron chi connectivity index (χ1n) is 7.38. The number of carbonyl (C=O) groups is 4. The molecule has 2 aliphatic rings. The fraction of sp³-hybridized carbons (Fsp3) is 0.294. The number of hydrogen-bond acceptors (Lipinski definition) is 4. The molecule has 23 heavy (non-hydrogen) atoms. The van der Waals surface area contributed by atoms with Crippen molar-refractivity contribution < 1.29 is 19.2 Å². The Morgan fingerprint density at radius 3 is 2.65 bits per heavy atom. The normalized spacial score (nSPS) is 20.6. The van der Waals surface area contributed by atoms with E-state index in [0.29, 0.717) is 17.5 Å². The molecule has 6 heteroatoms. The molecular formula is C17H16N2O4. The second kappa shape index (κ2) is 5.46. The first-order valence-corrected chi connectivity index (χ1v) is 7.38. The summed E-state index contributed by atoms with van der Waals surface area (Å²) in [7, 11) is 0. The molecule has 1 atom stereocenters. The first kappa shape index (κ1) is 15.1. The molecule has 1 fully saturated rings.